The van der Waals surface area contributed by atoms with Crippen LogP contribution in [0.4, 0.5) is 0 Å². The van der Waals surface area contributed by atoms with Crippen LogP contribution in [0.2, 0.25) is 0 Å². The Bertz CT molecular complexity index is 612. The maximum atomic E-state index is 11.9. The van der Waals surface area contributed by atoms with Crippen LogP contribution in [0, 0.1) is 5.92 Å². The Morgan fingerprint density at radius 2 is 2.04 bits per heavy atom. The molecule has 1 N–H and O–H groups in total. The molecule has 2 aliphatic rings. The average molecular weight is 520 g/mol. The highest BCUT2D eigenvalue weighted by molar-refractivity contribution is 14.0. The number of carbonyl (C=O) groups is 1. The van der Waals surface area contributed by atoms with E-state index in [-0.39, 0.29) is 35.9 Å². The zero-order valence-electron chi connectivity index (χ0n) is 16.9. The van der Waals surface area contributed by atoms with Crippen LogP contribution in [0.15, 0.2) is 22.5 Å². The van der Waals surface area contributed by atoms with Crippen molar-refractivity contribution in [1.82, 2.24) is 15.1 Å². The lowest BCUT2D eigenvalue weighted by Gasteiger charge is -2.34. The van der Waals surface area contributed by atoms with Crippen molar-refractivity contribution in [3.8, 4) is 0 Å². The van der Waals surface area contributed by atoms with Crippen molar-refractivity contribution in [3.05, 3.63) is 22.4 Å². The molecule has 8 heteroatoms. The van der Waals surface area contributed by atoms with Gasteiger partial charge in [-0.25, -0.2) is 0 Å². The minimum absolute atomic E-state index is 0. The molecule has 1 unspecified atom stereocenters. The summed E-state index contributed by atoms with van der Waals surface area (Å²) in [5.41, 5.74) is 0. The van der Waals surface area contributed by atoms with Crippen LogP contribution in [-0.4, -0.2) is 68.1 Å². The van der Waals surface area contributed by atoms with E-state index < -0.39 is 0 Å². The molecule has 2 saturated heterocycles. The van der Waals surface area contributed by atoms with Gasteiger partial charge in [-0.2, -0.15) is 0 Å². The molecule has 28 heavy (non-hydrogen) atoms. The summed E-state index contributed by atoms with van der Waals surface area (Å²) in [6.07, 6.45) is 4.25. The average Bonchev–Trinajstić information content (AvgIpc) is 3.40. The van der Waals surface area contributed by atoms with Crippen molar-refractivity contribution in [1.29, 1.82) is 0 Å². The first-order valence-corrected chi connectivity index (χ1v) is 11.0. The van der Waals surface area contributed by atoms with E-state index in [4.69, 9.17) is 4.74 Å². The Labute approximate surface area is 189 Å². The second-order valence-corrected chi connectivity index (χ2v) is 8.20. The summed E-state index contributed by atoms with van der Waals surface area (Å²) in [7, 11) is 1.84. The second-order valence-electron chi connectivity index (χ2n) is 7.22. The standard InChI is InChI=1S/C20H32N4O2S.HI/c1-3-26-19(25)16-8-12-24(13-9-16)20(21-2)22-15-17(18-7-6-14-27-18)23-10-4-5-11-23;/h6-7,14,16-17H,3-5,8-13,15H2,1-2H3,(H,21,22);1H. The summed E-state index contributed by atoms with van der Waals surface area (Å²) in [5, 5.41) is 5.76. The second kappa shape index (κ2) is 12.0. The van der Waals surface area contributed by atoms with E-state index >= 15 is 0 Å². The van der Waals surface area contributed by atoms with E-state index in [9.17, 15) is 4.79 Å². The largest absolute Gasteiger partial charge is 0.466 e. The predicted molar refractivity (Wildman–Crippen MR) is 126 cm³/mol. The summed E-state index contributed by atoms with van der Waals surface area (Å²) in [4.78, 5) is 22.7. The first-order valence-electron chi connectivity index (χ1n) is 10.1. The van der Waals surface area contributed by atoms with Gasteiger partial charge < -0.3 is 15.0 Å². The highest BCUT2D eigenvalue weighted by Gasteiger charge is 2.29. The van der Waals surface area contributed by atoms with E-state index in [1.54, 1.807) is 0 Å². The molecular weight excluding hydrogens is 487 g/mol. The number of nitrogens with zero attached hydrogens (tertiary/aromatic N) is 3. The normalized spacial score (nSPS) is 19.9. The fourth-order valence-corrected chi connectivity index (χ4v) is 4.91. The number of halogens is 1. The number of thiophene rings is 1. The van der Waals surface area contributed by atoms with Crippen molar-refractivity contribution < 1.29 is 9.53 Å². The van der Waals surface area contributed by atoms with E-state index in [0.29, 0.717) is 12.6 Å². The number of aliphatic imine (C=N–C) groups is 1. The highest BCUT2D eigenvalue weighted by Crippen LogP contribution is 2.28. The summed E-state index contributed by atoms with van der Waals surface area (Å²) < 4.78 is 5.17. The molecule has 0 bridgehead atoms. The van der Waals surface area contributed by atoms with Gasteiger partial charge >= 0.3 is 5.97 Å². The zero-order valence-corrected chi connectivity index (χ0v) is 20.1. The summed E-state index contributed by atoms with van der Waals surface area (Å²) in [5.74, 6) is 0.924. The zero-order chi connectivity index (χ0) is 19.1. The third kappa shape index (κ3) is 6.06. The molecule has 1 aromatic heterocycles. The molecule has 6 nitrogen and oxygen atoms in total. The van der Waals surface area contributed by atoms with Gasteiger partial charge in [-0.05, 0) is 57.1 Å². The lowest BCUT2D eigenvalue weighted by Crippen LogP contribution is -2.48. The molecule has 2 fully saturated rings. The van der Waals surface area contributed by atoms with Gasteiger partial charge in [-0.3, -0.25) is 14.7 Å². The van der Waals surface area contributed by atoms with Crippen LogP contribution in [-0.2, 0) is 9.53 Å². The molecule has 0 aliphatic carbocycles. The van der Waals surface area contributed by atoms with E-state index in [2.05, 4.69) is 37.6 Å². The van der Waals surface area contributed by atoms with Crippen LogP contribution in [0.25, 0.3) is 0 Å². The summed E-state index contributed by atoms with van der Waals surface area (Å²) in [6, 6.07) is 4.78. The molecule has 0 spiro atoms. The molecule has 0 amide bonds. The van der Waals surface area contributed by atoms with Crippen molar-refractivity contribution in [2.75, 3.05) is 46.4 Å². The first-order chi connectivity index (χ1) is 13.2. The van der Waals surface area contributed by atoms with Crippen LogP contribution < -0.4 is 5.32 Å². The van der Waals surface area contributed by atoms with Gasteiger partial charge in [0.15, 0.2) is 5.96 Å². The van der Waals surface area contributed by atoms with E-state index in [1.807, 2.05) is 25.3 Å². The van der Waals surface area contributed by atoms with Gasteiger partial charge in [0.2, 0.25) is 0 Å². The predicted octanol–water partition coefficient (Wildman–Crippen LogP) is 3.35. The van der Waals surface area contributed by atoms with Crippen molar-refractivity contribution in [2.24, 2.45) is 10.9 Å². The van der Waals surface area contributed by atoms with E-state index in [1.165, 1.54) is 30.8 Å². The molecule has 158 valence electrons. The monoisotopic (exact) mass is 520 g/mol. The van der Waals surface area contributed by atoms with Crippen LogP contribution >= 0.6 is 35.3 Å². The summed E-state index contributed by atoms with van der Waals surface area (Å²) >= 11 is 1.83. The molecule has 1 atom stereocenters. The molecule has 0 saturated carbocycles. The Balaban J connectivity index is 0.00000280. The van der Waals surface area contributed by atoms with Gasteiger partial charge in [-0.1, -0.05) is 6.07 Å². The van der Waals surface area contributed by atoms with Gasteiger partial charge in [0.1, 0.15) is 0 Å². The van der Waals surface area contributed by atoms with Gasteiger partial charge in [-0.15, -0.1) is 35.3 Å². The van der Waals surface area contributed by atoms with Crippen LogP contribution in [0.5, 0.6) is 0 Å². The Hall–Kier alpha value is -0.870. The van der Waals surface area contributed by atoms with Crippen molar-refractivity contribution in [2.45, 2.75) is 38.6 Å². The smallest absolute Gasteiger partial charge is 0.309 e. The number of likely N-dealkylation sites (tertiary alicyclic amines) is 2. The minimum atomic E-state index is -0.0492. The molecule has 0 radical (unpaired) electrons. The van der Waals surface area contributed by atoms with Crippen molar-refractivity contribution in [3.63, 3.8) is 0 Å². The molecule has 3 rings (SSSR count). The number of rotatable bonds is 6. The van der Waals surface area contributed by atoms with Gasteiger partial charge in [0.05, 0.1) is 18.6 Å². The fourth-order valence-electron chi connectivity index (χ4n) is 4.05. The van der Waals surface area contributed by atoms with Crippen LogP contribution in [0.3, 0.4) is 0 Å². The van der Waals surface area contributed by atoms with Crippen molar-refractivity contribution >= 4 is 47.2 Å². The highest BCUT2D eigenvalue weighted by atomic mass is 127. The number of nitrogens with one attached hydrogen (secondary N) is 1. The van der Waals surface area contributed by atoms with Gasteiger partial charge in [0, 0.05) is 31.6 Å². The Morgan fingerprint density at radius 1 is 1.32 bits per heavy atom. The quantitative estimate of drug-likeness (QED) is 0.270. The number of esters is 1. The van der Waals surface area contributed by atoms with E-state index in [0.717, 1.165) is 38.4 Å². The lowest BCUT2D eigenvalue weighted by atomic mass is 9.97. The molecule has 1 aromatic rings. The molecule has 3 heterocycles. The number of hydrogen-bond acceptors (Lipinski definition) is 5. The van der Waals surface area contributed by atoms with Crippen LogP contribution in [0.1, 0.15) is 43.5 Å². The third-order valence-corrected chi connectivity index (χ3v) is 6.51. The third-order valence-electron chi connectivity index (χ3n) is 5.53. The number of piperidine rings is 1. The topological polar surface area (TPSA) is 57.2 Å². The summed E-state index contributed by atoms with van der Waals surface area (Å²) in [6.45, 7) is 7.23. The Morgan fingerprint density at radius 3 is 2.61 bits per heavy atom. The lowest BCUT2D eigenvalue weighted by molar-refractivity contribution is -0.149. The first kappa shape index (κ1) is 23.4. The fraction of sp³-hybridized carbons (Fsp3) is 0.700. The maximum absolute atomic E-state index is 11.9. The molecule has 0 aromatic carbocycles. The van der Waals surface area contributed by atoms with Gasteiger partial charge in [0.25, 0.3) is 0 Å². The Kier molecular flexibility index (Phi) is 10.0. The molecule has 2 aliphatic heterocycles. The maximum Gasteiger partial charge on any atom is 0.309 e. The number of ether oxygens (including phenoxy) is 1. The molecular formula is C20H33IN4O2S. The SMILES string of the molecule is CCOC(=O)C1CCN(C(=NC)NCC(c2cccs2)N2CCCC2)CC1.I. The number of carbonyl (C=O) groups excluding carboxylic acids is 1. The number of hydrogen-bond donors (Lipinski definition) is 1. The minimum Gasteiger partial charge on any atom is -0.466 e. The number of guanidine groups is 1.